The molecule has 0 aliphatic rings. The van der Waals surface area contributed by atoms with Crippen molar-refractivity contribution in [3.63, 3.8) is 0 Å². The minimum absolute atomic E-state index is 0.205. The number of carbonyl (C=O) groups excluding carboxylic acids is 1. The van der Waals surface area contributed by atoms with Crippen molar-refractivity contribution in [2.45, 2.75) is 26.2 Å². The van der Waals surface area contributed by atoms with E-state index in [0.717, 1.165) is 6.42 Å². The van der Waals surface area contributed by atoms with Crippen LogP contribution in [0.15, 0.2) is 24.5 Å². The molecule has 2 heterocycles. The highest BCUT2D eigenvalue weighted by Gasteiger charge is 2.08. The van der Waals surface area contributed by atoms with Crippen LogP contribution in [-0.2, 0) is 13.5 Å². The molecule has 5 nitrogen and oxygen atoms in total. The van der Waals surface area contributed by atoms with Crippen LogP contribution in [0, 0.1) is 0 Å². The van der Waals surface area contributed by atoms with Gasteiger partial charge in [-0.05, 0) is 18.1 Å². The zero-order valence-corrected chi connectivity index (χ0v) is 12.8. The first kappa shape index (κ1) is 14.6. The molecule has 0 saturated heterocycles. The van der Waals surface area contributed by atoms with Crippen LogP contribution < -0.4 is 10.6 Å². The number of thiazole rings is 1. The third kappa shape index (κ3) is 3.84. The average molecular weight is 292 g/mol. The van der Waals surface area contributed by atoms with E-state index in [1.54, 1.807) is 0 Å². The van der Waals surface area contributed by atoms with Crippen LogP contribution in [0.1, 0.15) is 30.3 Å². The van der Waals surface area contributed by atoms with E-state index < -0.39 is 0 Å². The lowest BCUT2D eigenvalue weighted by Crippen LogP contribution is -2.30. The number of carbonyl (C=O) groups is 1. The Bertz CT molecular complexity index is 573. The van der Waals surface area contributed by atoms with Crippen LogP contribution in [-0.4, -0.2) is 22.1 Å². The summed E-state index contributed by atoms with van der Waals surface area (Å²) in [7, 11) is 2.00. The first-order chi connectivity index (χ1) is 9.56. The third-order valence-corrected chi connectivity index (χ3v) is 4.24. The van der Waals surface area contributed by atoms with Crippen LogP contribution in [0.4, 0.5) is 9.93 Å². The van der Waals surface area contributed by atoms with E-state index in [9.17, 15) is 4.79 Å². The predicted octanol–water partition coefficient (Wildman–Crippen LogP) is 2.97. The van der Waals surface area contributed by atoms with Crippen molar-refractivity contribution in [1.29, 1.82) is 0 Å². The number of aryl methyl sites for hydroxylation is 1. The van der Waals surface area contributed by atoms with Gasteiger partial charge in [0.25, 0.3) is 0 Å². The molecule has 0 unspecified atom stereocenters. The second kappa shape index (κ2) is 6.56. The molecule has 2 aromatic heterocycles. The van der Waals surface area contributed by atoms with E-state index in [-0.39, 0.29) is 6.03 Å². The lowest BCUT2D eigenvalue weighted by molar-refractivity contribution is 0.252. The van der Waals surface area contributed by atoms with Crippen molar-refractivity contribution in [2.24, 2.45) is 7.05 Å². The van der Waals surface area contributed by atoms with E-state index in [2.05, 4.69) is 40.1 Å². The normalized spacial score (nSPS) is 10.8. The molecule has 2 rings (SSSR count). The summed E-state index contributed by atoms with van der Waals surface area (Å²) in [6.07, 6.45) is 4.62. The Morgan fingerprint density at radius 3 is 2.90 bits per heavy atom. The molecule has 0 spiro atoms. The first-order valence-electron chi connectivity index (χ1n) is 6.67. The minimum atomic E-state index is -0.205. The maximum Gasteiger partial charge on any atom is 0.321 e. The van der Waals surface area contributed by atoms with Crippen LogP contribution in [0.5, 0.6) is 0 Å². The highest BCUT2D eigenvalue weighted by Crippen LogP contribution is 2.24. The summed E-state index contributed by atoms with van der Waals surface area (Å²) in [5, 5.41) is 6.24. The Kier molecular flexibility index (Phi) is 4.79. The minimum Gasteiger partial charge on any atom is -0.354 e. The van der Waals surface area contributed by atoms with Gasteiger partial charge in [0.2, 0.25) is 0 Å². The quantitative estimate of drug-likeness (QED) is 0.890. The largest absolute Gasteiger partial charge is 0.354 e. The number of urea groups is 1. The number of anilines is 1. The molecule has 0 fully saturated rings. The molecule has 0 aliphatic heterocycles. The van der Waals surface area contributed by atoms with E-state index >= 15 is 0 Å². The molecule has 0 aliphatic carbocycles. The number of amides is 2. The van der Waals surface area contributed by atoms with Crippen molar-refractivity contribution < 1.29 is 4.79 Å². The molecular weight excluding hydrogens is 272 g/mol. The first-order valence-corrected chi connectivity index (χ1v) is 7.48. The molecule has 0 aromatic carbocycles. The maximum atomic E-state index is 11.7. The van der Waals surface area contributed by atoms with E-state index in [4.69, 9.17) is 0 Å². The van der Waals surface area contributed by atoms with E-state index in [1.165, 1.54) is 21.9 Å². The standard InChI is InChI=1S/C14H20N4OS/c1-10(2)12-9-16-14(20-12)17-13(19)15-7-6-11-5-4-8-18(11)3/h4-5,8-10H,6-7H2,1-3H3,(H2,15,16,17,19). The van der Waals surface area contributed by atoms with Gasteiger partial charge in [0.05, 0.1) is 0 Å². The smallest absolute Gasteiger partial charge is 0.321 e. The van der Waals surface area contributed by atoms with Crippen LogP contribution >= 0.6 is 11.3 Å². The Morgan fingerprint density at radius 1 is 1.50 bits per heavy atom. The Labute approximate surface area is 123 Å². The Morgan fingerprint density at radius 2 is 2.30 bits per heavy atom. The number of hydrogen-bond acceptors (Lipinski definition) is 3. The summed E-state index contributed by atoms with van der Waals surface area (Å²) in [6.45, 7) is 4.82. The predicted molar refractivity (Wildman–Crippen MR) is 82.3 cm³/mol. The van der Waals surface area contributed by atoms with Gasteiger partial charge in [-0.25, -0.2) is 9.78 Å². The monoisotopic (exact) mass is 292 g/mol. The van der Waals surface area contributed by atoms with Gasteiger partial charge < -0.3 is 9.88 Å². The van der Waals surface area contributed by atoms with Crippen molar-refractivity contribution in [2.75, 3.05) is 11.9 Å². The zero-order chi connectivity index (χ0) is 14.5. The lowest BCUT2D eigenvalue weighted by atomic mass is 10.2. The number of hydrogen-bond donors (Lipinski definition) is 2. The van der Waals surface area contributed by atoms with Crippen molar-refractivity contribution in [3.05, 3.63) is 35.1 Å². The second-order valence-corrected chi connectivity index (χ2v) is 6.03. The van der Waals surface area contributed by atoms with Gasteiger partial charge in [-0.3, -0.25) is 5.32 Å². The highest BCUT2D eigenvalue weighted by molar-refractivity contribution is 7.15. The fourth-order valence-electron chi connectivity index (χ4n) is 1.81. The fraction of sp³-hybridized carbons (Fsp3) is 0.429. The summed E-state index contributed by atoms with van der Waals surface area (Å²) in [6, 6.07) is 3.84. The fourth-order valence-corrected chi connectivity index (χ4v) is 2.63. The van der Waals surface area contributed by atoms with Gasteiger partial charge in [-0.2, -0.15) is 0 Å². The molecule has 0 bridgehead atoms. The van der Waals surface area contributed by atoms with Crippen molar-refractivity contribution in [1.82, 2.24) is 14.9 Å². The van der Waals surface area contributed by atoms with Crippen LogP contribution in [0.3, 0.4) is 0 Å². The highest BCUT2D eigenvalue weighted by atomic mass is 32.1. The van der Waals surface area contributed by atoms with Gasteiger partial charge in [-0.1, -0.05) is 13.8 Å². The molecular formula is C14H20N4OS. The molecule has 2 amide bonds. The number of nitrogens with one attached hydrogen (secondary N) is 2. The number of nitrogens with zero attached hydrogens (tertiary/aromatic N) is 2. The summed E-state index contributed by atoms with van der Waals surface area (Å²) in [5.41, 5.74) is 1.20. The van der Waals surface area contributed by atoms with Gasteiger partial charge in [0.15, 0.2) is 5.13 Å². The van der Waals surface area contributed by atoms with Gasteiger partial charge in [-0.15, -0.1) is 11.3 Å². The SMILES string of the molecule is CC(C)c1cnc(NC(=O)NCCc2cccn2C)s1. The molecule has 20 heavy (non-hydrogen) atoms. The molecule has 108 valence electrons. The summed E-state index contributed by atoms with van der Waals surface area (Å²) in [4.78, 5) is 17.1. The molecule has 0 radical (unpaired) electrons. The van der Waals surface area contributed by atoms with Crippen LogP contribution in [0.2, 0.25) is 0 Å². The molecule has 6 heteroatoms. The van der Waals surface area contributed by atoms with Gasteiger partial charge >= 0.3 is 6.03 Å². The van der Waals surface area contributed by atoms with Crippen LogP contribution in [0.25, 0.3) is 0 Å². The van der Waals surface area contributed by atoms with E-state index in [1.807, 2.05) is 25.5 Å². The lowest BCUT2D eigenvalue weighted by Gasteiger charge is -2.06. The van der Waals surface area contributed by atoms with Gasteiger partial charge in [0.1, 0.15) is 0 Å². The second-order valence-electron chi connectivity index (χ2n) is 4.96. The van der Waals surface area contributed by atoms with E-state index in [0.29, 0.717) is 17.6 Å². The van der Waals surface area contributed by atoms with Crippen molar-refractivity contribution >= 4 is 22.5 Å². The average Bonchev–Trinajstić information content (AvgIpc) is 2.99. The Hall–Kier alpha value is -1.82. The molecule has 2 N–H and O–H groups in total. The van der Waals surface area contributed by atoms with Gasteiger partial charge in [0, 0.05) is 43.0 Å². The summed E-state index contributed by atoms with van der Waals surface area (Å²) >= 11 is 1.52. The maximum absolute atomic E-state index is 11.7. The Balaban J connectivity index is 1.76. The third-order valence-electron chi connectivity index (χ3n) is 3.03. The molecule has 2 aromatic rings. The topological polar surface area (TPSA) is 59.0 Å². The van der Waals surface area contributed by atoms with Crippen molar-refractivity contribution in [3.8, 4) is 0 Å². The number of rotatable bonds is 5. The summed E-state index contributed by atoms with van der Waals surface area (Å²) in [5.74, 6) is 0.434. The molecule has 0 saturated carbocycles. The number of aromatic nitrogens is 2. The molecule has 0 atom stereocenters. The zero-order valence-electron chi connectivity index (χ0n) is 12.0. The summed E-state index contributed by atoms with van der Waals surface area (Å²) < 4.78 is 2.05.